The zero-order valence-corrected chi connectivity index (χ0v) is 9.50. The molecule has 0 fully saturated rings. The van der Waals surface area contributed by atoms with Gasteiger partial charge < -0.3 is 0 Å². The van der Waals surface area contributed by atoms with Crippen LogP contribution in [-0.2, 0) is 10.0 Å². The molecule has 0 saturated carbocycles. The van der Waals surface area contributed by atoms with Gasteiger partial charge in [0.25, 0.3) is 0 Å². The standard InChI is InChI=1S/C9H14BNO2S/c1-10-8-5-4-6-9(7-8)11(2)14(3,12)13/h4-7,10H,1-3H3. The van der Waals surface area contributed by atoms with Crippen LogP contribution in [0.4, 0.5) is 5.69 Å². The van der Waals surface area contributed by atoms with Crippen molar-refractivity contribution in [3.05, 3.63) is 24.3 Å². The average molecular weight is 211 g/mol. The molecule has 0 N–H and O–H groups in total. The molecular formula is C9H14BNO2S. The van der Waals surface area contributed by atoms with Gasteiger partial charge in [-0.15, -0.1) is 0 Å². The maximum absolute atomic E-state index is 11.3. The molecule has 0 atom stereocenters. The summed E-state index contributed by atoms with van der Waals surface area (Å²) in [6, 6.07) is 7.54. The van der Waals surface area contributed by atoms with Gasteiger partial charge in [-0.05, 0) is 12.1 Å². The summed E-state index contributed by atoms with van der Waals surface area (Å²) in [5.41, 5.74) is 1.85. The third kappa shape index (κ3) is 2.51. The summed E-state index contributed by atoms with van der Waals surface area (Å²) in [6.07, 6.45) is 1.20. The fourth-order valence-corrected chi connectivity index (χ4v) is 1.66. The molecule has 0 heterocycles. The topological polar surface area (TPSA) is 37.4 Å². The Kier molecular flexibility index (Phi) is 3.21. The summed E-state index contributed by atoms with van der Waals surface area (Å²) in [7, 11) is -0.680. The molecule has 0 radical (unpaired) electrons. The fourth-order valence-electron chi connectivity index (χ4n) is 1.16. The van der Waals surface area contributed by atoms with Gasteiger partial charge in [0.15, 0.2) is 7.28 Å². The van der Waals surface area contributed by atoms with Crippen LogP contribution in [0, 0.1) is 0 Å². The lowest BCUT2D eigenvalue weighted by atomic mass is 9.73. The Morgan fingerprint density at radius 1 is 1.36 bits per heavy atom. The first-order chi connectivity index (χ1) is 6.45. The van der Waals surface area contributed by atoms with E-state index < -0.39 is 10.0 Å². The first-order valence-corrected chi connectivity index (χ1v) is 6.33. The van der Waals surface area contributed by atoms with Crippen LogP contribution in [0.1, 0.15) is 0 Å². The smallest absolute Gasteiger partial charge is 0.231 e. The van der Waals surface area contributed by atoms with Gasteiger partial charge in [0.1, 0.15) is 0 Å². The van der Waals surface area contributed by atoms with E-state index in [0.29, 0.717) is 5.69 Å². The zero-order chi connectivity index (χ0) is 10.8. The van der Waals surface area contributed by atoms with Crippen molar-refractivity contribution in [1.82, 2.24) is 0 Å². The predicted octanol–water partition coefficient (Wildman–Crippen LogP) is 0.192. The van der Waals surface area contributed by atoms with Crippen LogP contribution in [0.2, 0.25) is 6.82 Å². The normalized spacial score (nSPS) is 11.1. The Bertz CT molecular complexity index is 417. The molecule has 0 aliphatic carbocycles. The maximum atomic E-state index is 11.3. The van der Waals surface area contributed by atoms with Crippen LogP contribution in [0.3, 0.4) is 0 Å². The van der Waals surface area contributed by atoms with E-state index in [4.69, 9.17) is 0 Å². The molecule has 1 aromatic carbocycles. The Morgan fingerprint density at radius 2 is 2.00 bits per heavy atom. The number of rotatable bonds is 3. The van der Waals surface area contributed by atoms with E-state index in [0.717, 1.165) is 12.7 Å². The molecule has 0 unspecified atom stereocenters. The first kappa shape index (κ1) is 11.1. The Morgan fingerprint density at radius 3 is 2.50 bits per heavy atom. The molecule has 5 heteroatoms. The van der Waals surface area contributed by atoms with Crippen LogP contribution >= 0.6 is 0 Å². The molecule has 0 bridgehead atoms. The lowest BCUT2D eigenvalue weighted by molar-refractivity contribution is 0.600. The van der Waals surface area contributed by atoms with Crippen LogP contribution in [-0.4, -0.2) is 29.0 Å². The number of nitrogens with zero attached hydrogens (tertiary/aromatic N) is 1. The molecule has 0 amide bonds. The third-order valence-corrected chi connectivity index (χ3v) is 3.39. The highest BCUT2D eigenvalue weighted by molar-refractivity contribution is 7.92. The summed E-state index contributed by atoms with van der Waals surface area (Å²) >= 11 is 0. The number of benzene rings is 1. The summed E-state index contributed by atoms with van der Waals surface area (Å²) in [5, 5.41) is 0. The van der Waals surface area contributed by atoms with Crippen molar-refractivity contribution in [1.29, 1.82) is 0 Å². The first-order valence-electron chi connectivity index (χ1n) is 4.48. The second kappa shape index (κ2) is 4.04. The largest absolute Gasteiger partial charge is 0.274 e. The number of hydrogen-bond donors (Lipinski definition) is 0. The van der Waals surface area contributed by atoms with Crippen LogP contribution in [0.15, 0.2) is 24.3 Å². The highest BCUT2D eigenvalue weighted by atomic mass is 32.2. The lowest BCUT2D eigenvalue weighted by Crippen LogP contribution is -2.26. The van der Waals surface area contributed by atoms with Crippen LogP contribution < -0.4 is 9.77 Å². The van der Waals surface area contributed by atoms with Crippen molar-refractivity contribution in [3.63, 3.8) is 0 Å². The summed E-state index contributed by atoms with van der Waals surface area (Å²) < 4.78 is 23.8. The number of sulfonamides is 1. The van der Waals surface area contributed by atoms with Crippen molar-refractivity contribution in [2.45, 2.75) is 6.82 Å². The van der Waals surface area contributed by atoms with Gasteiger partial charge >= 0.3 is 0 Å². The molecule has 14 heavy (non-hydrogen) atoms. The Hall–Kier alpha value is -0.965. The molecule has 0 spiro atoms. The van der Waals surface area contributed by atoms with Crippen molar-refractivity contribution >= 4 is 28.5 Å². The molecule has 76 valence electrons. The van der Waals surface area contributed by atoms with Gasteiger partial charge in [-0.3, -0.25) is 4.31 Å². The molecule has 0 aliphatic heterocycles. The molecule has 0 saturated heterocycles. The fraction of sp³-hybridized carbons (Fsp3) is 0.333. The van der Waals surface area contributed by atoms with Gasteiger partial charge in [0.2, 0.25) is 10.0 Å². The minimum Gasteiger partial charge on any atom is -0.274 e. The van der Waals surface area contributed by atoms with Gasteiger partial charge in [-0.1, -0.05) is 24.4 Å². The molecule has 0 aliphatic rings. The van der Waals surface area contributed by atoms with E-state index in [9.17, 15) is 8.42 Å². The molecule has 3 nitrogen and oxygen atoms in total. The summed E-state index contributed by atoms with van der Waals surface area (Å²) in [6.45, 7) is 2.04. The van der Waals surface area contributed by atoms with Crippen molar-refractivity contribution in [2.24, 2.45) is 0 Å². The quantitative estimate of drug-likeness (QED) is 0.669. The predicted molar refractivity (Wildman–Crippen MR) is 62.3 cm³/mol. The minimum atomic E-state index is -3.15. The highest BCUT2D eigenvalue weighted by Gasteiger charge is 2.11. The second-order valence-corrected chi connectivity index (χ2v) is 5.27. The van der Waals surface area contributed by atoms with E-state index >= 15 is 0 Å². The Balaban J connectivity index is 3.08. The maximum Gasteiger partial charge on any atom is 0.231 e. The van der Waals surface area contributed by atoms with Gasteiger partial charge in [0.05, 0.1) is 11.9 Å². The van der Waals surface area contributed by atoms with Crippen molar-refractivity contribution in [2.75, 3.05) is 17.6 Å². The van der Waals surface area contributed by atoms with Gasteiger partial charge in [0, 0.05) is 7.05 Å². The van der Waals surface area contributed by atoms with Crippen molar-refractivity contribution in [3.8, 4) is 0 Å². The van der Waals surface area contributed by atoms with Crippen LogP contribution in [0.5, 0.6) is 0 Å². The highest BCUT2D eigenvalue weighted by Crippen LogP contribution is 2.12. The van der Waals surface area contributed by atoms with E-state index in [-0.39, 0.29) is 0 Å². The summed E-state index contributed by atoms with van der Waals surface area (Å²) in [4.78, 5) is 0. The summed E-state index contributed by atoms with van der Waals surface area (Å²) in [5.74, 6) is 0. The van der Waals surface area contributed by atoms with E-state index in [1.165, 1.54) is 10.6 Å². The van der Waals surface area contributed by atoms with E-state index in [1.807, 2.05) is 25.0 Å². The second-order valence-electron chi connectivity index (χ2n) is 3.25. The average Bonchev–Trinajstić information content (AvgIpc) is 2.15. The molecule has 0 aromatic heterocycles. The van der Waals surface area contributed by atoms with Gasteiger partial charge in [-0.2, -0.15) is 0 Å². The van der Waals surface area contributed by atoms with E-state index in [1.54, 1.807) is 13.1 Å². The zero-order valence-electron chi connectivity index (χ0n) is 8.69. The van der Waals surface area contributed by atoms with E-state index in [2.05, 4.69) is 0 Å². The minimum absolute atomic E-state index is 0.715. The number of anilines is 1. The monoisotopic (exact) mass is 211 g/mol. The lowest BCUT2D eigenvalue weighted by Gasteiger charge is -2.17. The number of hydrogen-bond acceptors (Lipinski definition) is 2. The van der Waals surface area contributed by atoms with Crippen LogP contribution in [0.25, 0.3) is 0 Å². The van der Waals surface area contributed by atoms with Gasteiger partial charge in [-0.25, -0.2) is 8.42 Å². The molecule has 1 aromatic rings. The molecular weight excluding hydrogens is 197 g/mol. The SMILES string of the molecule is CBc1cccc(N(C)S(C)(=O)=O)c1. The molecule has 1 rings (SSSR count). The van der Waals surface area contributed by atoms with Crippen molar-refractivity contribution < 1.29 is 8.42 Å². The third-order valence-electron chi connectivity index (χ3n) is 2.18. The Labute approximate surface area is 86.0 Å².